The van der Waals surface area contributed by atoms with Gasteiger partial charge in [0.05, 0.1) is 17.1 Å². The van der Waals surface area contributed by atoms with E-state index in [2.05, 4.69) is 10.3 Å². The largest absolute Gasteiger partial charge is 0.417 e. The number of anilines is 1. The SMILES string of the molecule is O=S1(=O)Cc2ccc(NCCc3ccc(C(F)(F)F)cn3)cc2C1. The van der Waals surface area contributed by atoms with Crippen LogP contribution in [0.4, 0.5) is 18.9 Å². The average Bonchev–Trinajstić information content (AvgIpc) is 2.80. The number of sulfone groups is 1. The molecule has 0 radical (unpaired) electrons. The Morgan fingerprint density at radius 1 is 1.08 bits per heavy atom. The van der Waals surface area contributed by atoms with Crippen LogP contribution >= 0.6 is 0 Å². The van der Waals surface area contributed by atoms with E-state index in [1.54, 1.807) is 18.2 Å². The summed E-state index contributed by atoms with van der Waals surface area (Å²) >= 11 is 0. The van der Waals surface area contributed by atoms with E-state index in [9.17, 15) is 21.6 Å². The van der Waals surface area contributed by atoms with E-state index in [0.717, 1.165) is 29.1 Å². The lowest BCUT2D eigenvalue weighted by molar-refractivity contribution is -0.137. The van der Waals surface area contributed by atoms with Gasteiger partial charge in [0.2, 0.25) is 0 Å². The van der Waals surface area contributed by atoms with Gasteiger partial charge in [0.15, 0.2) is 9.84 Å². The number of halogens is 3. The molecule has 24 heavy (non-hydrogen) atoms. The maximum absolute atomic E-state index is 12.5. The summed E-state index contributed by atoms with van der Waals surface area (Å²) in [6.45, 7) is 0.490. The number of benzene rings is 1. The molecule has 0 aliphatic carbocycles. The van der Waals surface area contributed by atoms with Crippen LogP contribution in [0.15, 0.2) is 36.5 Å². The molecule has 0 unspecified atom stereocenters. The molecule has 8 heteroatoms. The molecule has 2 aromatic rings. The number of alkyl halides is 3. The Hall–Kier alpha value is -2.09. The van der Waals surface area contributed by atoms with Crippen LogP contribution in [0.3, 0.4) is 0 Å². The molecule has 1 aliphatic rings. The van der Waals surface area contributed by atoms with Crippen molar-refractivity contribution in [1.82, 2.24) is 4.98 Å². The monoisotopic (exact) mass is 356 g/mol. The van der Waals surface area contributed by atoms with E-state index in [4.69, 9.17) is 0 Å². The normalized spacial score (nSPS) is 16.0. The van der Waals surface area contributed by atoms with Crippen LogP contribution in [0.1, 0.15) is 22.4 Å². The predicted molar refractivity (Wildman–Crippen MR) is 84.2 cm³/mol. The third kappa shape index (κ3) is 3.87. The smallest absolute Gasteiger partial charge is 0.385 e. The fourth-order valence-corrected chi connectivity index (χ4v) is 4.21. The Morgan fingerprint density at radius 3 is 2.50 bits per heavy atom. The van der Waals surface area contributed by atoms with Crippen molar-refractivity contribution in [2.75, 3.05) is 11.9 Å². The molecule has 1 aliphatic heterocycles. The molecular weight excluding hydrogens is 341 g/mol. The maximum Gasteiger partial charge on any atom is 0.417 e. The number of pyridine rings is 1. The van der Waals surface area contributed by atoms with E-state index in [-0.39, 0.29) is 11.5 Å². The first-order valence-electron chi connectivity index (χ1n) is 7.31. The van der Waals surface area contributed by atoms with Crippen LogP contribution in [-0.2, 0) is 33.9 Å². The van der Waals surface area contributed by atoms with Crippen molar-refractivity contribution in [3.8, 4) is 0 Å². The van der Waals surface area contributed by atoms with Crippen molar-refractivity contribution in [2.45, 2.75) is 24.1 Å². The Morgan fingerprint density at radius 2 is 1.83 bits per heavy atom. The van der Waals surface area contributed by atoms with Gasteiger partial charge in [0.25, 0.3) is 0 Å². The minimum atomic E-state index is -4.38. The molecule has 2 heterocycles. The van der Waals surface area contributed by atoms with Crippen LogP contribution in [0.25, 0.3) is 0 Å². The van der Waals surface area contributed by atoms with Gasteiger partial charge < -0.3 is 5.32 Å². The molecule has 0 bridgehead atoms. The molecule has 0 saturated carbocycles. The summed E-state index contributed by atoms with van der Waals surface area (Å²) < 4.78 is 60.6. The summed E-state index contributed by atoms with van der Waals surface area (Å²) in [5.41, 5.74) is 2.20. The molecule has 1 N–H and O–H groups in total. The molecule has 0 amide bonds. The lowest BCUT2D eigenvalue weighted by atomic mass is 10.1. The molecule has 0 fully saturated rings. The molecule has 0 saturated heterocycles. The summed E-state index contributed by atoms with van der Waals surface area (Å²) in [5, 5.41) is 3.14. The Kier molecular flexibility index (Phi) is 4.25. The van der Waals surface area contributed by atoms with Crippen molar-refractivity contribution >= 4 is 15.5 Å². The first-order chi connectivity index (χ1) is 11.2. The van der Waals surface area contributed by atoms with Crippen LogP contribution < -0.4 is 5.32 Å². The Balaban J connectivity index is 1.58. The highest BCUT2D eigenvalue weighted by Crippen LogP contribution is 2.29. The average molecular weight is 356 g/mol. The van der Waals surface area contributed by atoms with Gasteiger partial charge in [-0.05, 0) is 35.4 Å². The molecular formula is C16H15F3N2O2S. The molecule has 128 valence electrons. The van der Waals surface area contributed by atoms with Gasteiger partial charge in [-0.15, -0.1) is 0 Å². The van der Waals surface area contributed by atoms with Gasteiger partial charge >= 0.3 is 6.18 Å². The molecule has 0 atom stereocenters. The van der Waals surface area contributed by atoms with Crippen LogP contribution in [0, 0.1) is 0 Å². The van der Waals surface area contributed by atoms with Gasteiger partial charge in [-0.25, -0.2) is 8.42 Å². The van der Waals surface area contributed by atoms with Gasteiger partial charge in [-0.1, -0.05) is 6.07 Å². The zero-order valence-corrected chi connectivity index (χ0v) is 13.4. The third-order valence-corrected chi connectivity index (χ3v) is 5.32. The highest BCUT2D eigenvalue weighted by atomic mass is 32.2. The highest BCUT2D eigenvalue weighted by molar-refractivity contribution is 7.90. The standard InChI is InChI=1S/C16H15F3N2O2S/c17-16(18,19)13-2-4-14(21-8-13)5-6-20-15-3-1-11-9-24(22,23)10-12(11)7-15/h1-4,7-8,20H,5-6,9-10H2. The van der Waals surface area contributed by atoms with Crippen LogP contribution in [0.5, 0.6) is 0 Å². The van der Waals surface area contributed by atoms with Crippen molar-refractivity contribution in [1.29, 1.82) is 0 Å². The van der Waals surface area contributed by atoms with E-state index >= 15 is 0 Å². The first kappa shape index (κ1) is 16.8. The predicted octanol–water partition coefficient (Wildman–Crippen LogP) is 3.18. The number of hydrogen-bond donors (Lipinski definition) is 1. The summed E-state index contributed by atoms with van der Waals surface area (Å²) in [7, 11) is -3.03. The molecule has 4 nitrogen and oxygen atoms in total. The molecule has 3 rings (SSSR count). The zero-order valence-electron chi connectivity index (χ0n) is 12.6. The second kappa shape index (κ2) is 6.08. The lowest BCUT2D eigenvalue weighted by Gasteiger charge is -2.09. The van der Waals surface area contributed by atoms with E-state index < -0.39 is 21.6 Å². The van der Waals surface area contributed by atoms with Crippen LogP contribution in [-0.4, -0.2) is 19.9 Å². The van der Waals surface area contributed by atoms with Crippen LogP contribution in [0.2, 0.25) is 0 Å². The fraction of sp³-hybridized carbons (Fsp3) is 0.312. The van der Waals surface area contributed by atoms with Crippen molar-refractivity contribution in [2.24, 2.45) is 0 Å². The highest BCUT2D eigenvalue weighted by Gasteiger charge is 2.30. The first-order valence-corrected chi connectivity index (χ1v) is 9.13. The number of nitrogens with zero attached hydrogens (tertiary/aromatic N) is 1. The summed E-state index contributed by atoms with van der Waals surface area (Å²) in [6, 6.07) is 7.78. The van der Waals surface area contributed by atoms with Crippen molar-refractivity contribution < 1.29 is 21.6 Å². The van der Waals surface area contributed by atoms with E-state index in [0.29, 0.717) is 18.7 Å². The van der Waals surface area contributed by atoms with Gasteiger partial charge in [0.1, 0.15) is 0 Å². The minimum Gasteiger partial charge on any atom is -0.385 e. The van der Waals surface area contributed by atoms with E-state index in [1.807, 2.05) is 0 Å². The fourth-order valence-electron chi connectivity index (χ4n) is 2.61. The van der Waals surface area contributed by atoms with Gasteiger partial charge in [0, 0.05) is 30.5 Å². The molecule has 0 spiro atoms. The Labute approximate surface area is 137 Å². The van der Waals surface area contributed by atoms with Gasteiger partial charge in [-0.2, -0.15) is 13.2 Å². The number of rotatable bonds is 4. The van der Waals surface area contributed by atoms with Crippen molar-refractivity contribution in [3.05, 3.63) is 58.9 Å². The summed E-state index contributed by atoms with van der Waals surface area (Å²) in [5.74, 6) is 0.135. The minimum absolute atomic E-state index is 0.0539. The molecule has 1 aromatic heterocycles. The van der Waals surface area contributed by atoms with Crippen molar-refractivity contribution in [3.63, 3.8) is 0 Å². The number of nitrogens with one attached hydrogen (secondary N) is 1. The number of aromatic nitrogens is 1. The third-order valence-electron chi connectivity index (χ3n) is 3.82. The summed E-state index contributed by atoms with van der Waals surface area (Å²) in [4.78, 5) is 3.81. The number of hydrogen-bond acceptors (Lipinski definition) is 4. The molecule has 1 aromatic carbocycles. The Bertz CT molecular complexity index is 847. The summed E-state index contributed by atoms with van der Waals surface area (Å²) in [6.07, 6.45) is -3.09. The second-order valence-corrected chi connectivity index (χ2v) is 7.79. The maximum atomic E-state index is 12.5. The van der Waals surface area contributed by atoms with Gasteiger partial charge in [-0.3, -0.25) is 4.98 Å². The second-order valence-electron chi connectivity index (χ2n) is 5.73. The quantitative estimate of drug-likeness (QED) is 0.914. The van der Waals surface area contributed by atoms with E-state index in [1.165, 1.54) is 6.07 Å². The number of fused-ring (bicyclic) bond motifs is 1. The topological polar surface area (TPSA) is 59.1 Å². The lowest BCUT2D eigenvalue weighted by Crippen LogP contribution is -2.09. The zero-order chi connectivity index (χ0) is 17.4.